The number of nitrogens with one attached hydrogen (secondary N) is 3. The van der Waals surface area contributed by atoms with Gasteiger partial charge in [-0.25, -0.2) is 0 Å². The molecule has 2 atom stereocenters. The first-order chi connectivity index (χ1) is 14.0. The molecule has 0 radical (unpaired) electrons. The number of anilines is 1. The molecule has 1 saturated heterocycles. The Morgan fingerprint density at radius 2 is 1.72 bits per heavy atom. The Bertz CT molecular complexity index is 771. The van der Waals surface area contributed by atoms with Crippen molar-refractivity contribution in [2.75, 3.05) is 31.6 Å². The monoisotopic (exact) mass is 422 g/mol. The first kappa shape index (κ1) is 21.4. The van der Waals surface area contributed by atoms with E-state index in [2.05, 4.69) is 46.6 Å². The summed E-state index contributed by atoms with van der Waals surface area (Å²) in [6.07, 6.45) is 0. The van der Waals surface area contributed by atoms with Crippen LogP contribution in [0.15, 0.2) is 54.6 Å². The number of halogens is 2. The van der Waals surface area contributed by atoms with E-state index < -0.39 is 6.61 Å². The fraction of sp³-hybridized carbons (Fsp3) is 0.381. The third kappa shape index (κ3) is 6.35. The van der Waals surface area contributed by atoms with Crippen LogP contribution >= 0.6 is 12.2 Å². The third-order valence-electron chi connectivity index (χ3n) is 4.93. The number of ether oxygens (including phenoxy) is 2. The second-order valence-corrected chi connectivity index (χ2v) is 7.36. The standard InChI is InChI=1S/C21H25F2N3O2S/c1-15(19(16-5-3-2-4-6-16)26-11-13-27-14-12-26)24-21(29)25-17-7-9-18(10-8-17)28-20(22)23/h2-10,15,19-20H,11-14H2,1H3,(H2,24,25,29)/p+1/t15-,19-/m0/s1. The number of rotatable bonds is 7. The molecule has 0 amide bonds. The van der Waals surface area contributed by atoms with Crippen LogP contribution in [0.5, 0.6) is 5.75 Å². The maximum absolute atomic E-state index is 12.3. The lowest BCUT2D eigenvalue weighted by Crippen LogP contribution is -3.15. The van der Waals surface area contributed by atoms with E-state index in [1.807, 2.05) is 6.07 Å². The molecule has 29 heavy (non-hydrogen) atoms. The normalized spacial score (nSPS) is 16.8. The molecule has 0 aliphatic carbocycles. The van der Waals surface area contributed by atoms with Crippen molar-refractivity contribution >= 4 is 23.0 Å². The summed E-state index contributed by atoms with van der Waals surface area (Å²) in [7, 11) is 0. The average Bonchev–Trinajstić information content (AvgIpc) is 2.71. The molecular weight excluding hydrogens is 396 g/mol. The molecule has 0 unspecified atom stereocenters. The van der Waals surface area contributed by atoms with Crippen LogP contribution in [0, 0.1) is 0 Å². The van der Waals surface area contributed by atoms with Crippen LogP contribution in [-0.2, 0) is 4.74 Å². The van der Waals surface area contributed by atoms with E-state index in [-0.39, 0.29) is 17.8 Å². The minimum Gasteiger partial charge on any atom is -0.435 e. The first-order valence-electron chi connectivity index (χ1n) is 9.62. The van der Waals surface area contributed by atoms with Gasteiger partial charge in [0.05, 0.1) is 19.3 Å². The summed E-state index contributed by atoms with van der Waals surface area (Å²) in [5.41, 5.74) is 1.95. The average molecular weight is 423 g/mol. The Morgan fingerprint density at radius 3 is 2.34 bits per heavy atom. The van der Waals surface area contributed by atoms with Gasteiger partial charge in [-0.05, 0) is 43.4 Å². The van der Waals surface area contributed by atoms with E-state index in [1.165, 1.54) is 22.6 Å². The second-order valence-electron chi connectivity index (χ2n) is 6.95. The zero-order valence-corrected chi connectivity index (χ0v) is 17.1. The minimum atomic E-state index is -2.84. The zero-order chi connectivity index (χ0) is 20.6. The van der Waals surface area contributed by atoms with Crippen molar-refractivity contribution in [3.8, 4) is 5.75 Å². The highest BCUT2D eigenvalue weighted by atomic mass is 32.1. The van der Waals surface area contributed by atoms with Crippen LogP contribution in [0.3, 0.4) is 0 Å². The van der Waals surface area contributed by atoms with Gasteiger partial charge in [0.25, 0.3) is 0 Å². The number of benzene rings is 2. The molecule has 0 bridgehead atoms. The Balaban J connectivity index is 1.64. The van der Waals surface area contributed by atoms with E-state index in [0.29, 0.717) is 10.8 Å². The number of hydrogen-bond donors (Lipinski definition) is 3. The Kier molecular flexibility index (Phi) is 7.74. The van der Waals surface area contributed by atoms with Gasteiger partial charge >= 0.3 is 6.61 Å². The predicted octanol–water partition coefficient (Wildman–Crippen LogP) is 2.62. The van der Waals surface area contributed by atoms with Crippen molar-refractivity contribution in [3.05, 3.63) is 60.2 Å². The van der Waals surface area contributed by atoms with Gasteiger partial charge in [0.1, 0.15) is 24.9 Å². The minimum absolute atomic E-state index is 0.0759. The lowest BCUT2D eigenvalue weighted by Gasteiger charge is -2.35. The van der Waals surface area contributed by atoms with Crippen molar-refractivity contribution in [3.63, 3.8) is 0 Å². The molecule has 0 aromatic heterocycles. The SMILES string of the molecule is C[C@H](NC(=S)Nc1ccc(OC(F)F)cc1)[C@@H](c1ccccc1)[NH+]1CCOCC1. The van der Waals surface area contributed by atoms with Crippen molar-refractivity contribution in [2.45, 2.75) is 25.6 Å². The van der Waals surface area contributed by atoms with Crippen LogP contribution in [0.4, 0.5) is 14.5 Å². The molecule has 2 aromatic carbocycles. The van der Waals surface area contributed by atoms with E-state index in [4.69, 9.17) is 17.0 Å². The zero-order valence-electron chi connectivity index (χ0n) is 16.2. The summed E-state index contributed by atoms with van der Waals surface area (Å²) >= 11 is 5.48. The summed E-state index contributed by atoms with van der Waals surface area (Å²) in [6, 6.07) is 17.0. The Hall–Kier alpha value is -2.29. The van der Waals surface area contributed by atoms with Gasteiger partial charge in [0, 0.05) is 11.3 Å². The lowest BCUT2D eigenvalue weighted by atomic mass is 9.98. The first-order valence-corrected chi connectivity index (χ1v) is 10.0. The molecule has 156 valence electrons. The van der Waals surface area contributed by atoms with Crippen molar-refractivity contribution < 1.29 is 23.2 Å². The van der Waals surface area contributed by atoms with Gasteiger partial charge in [-0.15, -0.1) is 0 Å². The van der Waals surface area contributed by atoms with Crippen molar-refractivity contribution in [2.24, 2.45) is 0 Å². The molecule has 0 saturated carbocycles. The van der Waals surface area contributed by atoms with Crippen LogP contribution in [0.25, 0.3) is 0 Å². The molecule has 1 aliphatic rings. The molecule has 3 rings (SSSR count). The van der Waals surface area contributed by atoms with E-state index >= 15 is 0 Å². The van der Waals surface area contributed by atoms with Gasteiger partial charge < -0.3 is 25.0 Å². The topological polar surface area (TPSA) is 47.0 Å². The van der Waals surface area contributed by atoms with Crippen LogP contribution < -0.4 is 20.3 Å². The smallest absolute Gasteiger partial charge is 0.387 e. The van der Waals surface area contributed by atoms with Gasteiger partial charge in [-0.1, -0.05) is 30.3 Å². The molecule has 0 spiro atoms. The summed E-state index contributed by atoms with van der Waals surface area (Å²) in [5.74, 6) is 0.109. The lowest BCUT2D eigenvalue weighted by molar-refractivity contribution is -0.940. The predicted molar refractivity (Wildman–Crippen MR) is 113 cm³/mol. The highest BCUT2D eigenvalue weighted by Gasteiger charge is 2.31. The maximum Gasteiger partial charge on any atom is 0.387 e. The molecule has 8 heteroatoms. The fourth-order valence-electron chi connectivity index (χ4n) is 3.66. The highest BCUT2D eigenvalue weighted by Crippen LogP contribution is 2.18. The number of quaternary nitrogens is 1. The fourth-order valence-corrected chi connectivity index (χ4v) is 3.96. The van der Waals surface area contributed by atoms with Crippen LogP contribution in [-0.4, -0.2) is 44.1 Å². The summed E-state index contributed by atoms with van der Waals surface area (Å²) in [4.78, 5) is 1.46. The second kappa shape index (κ2) is 10.5. The van der Waals surface area contributed by atoms with Crippen molar-refractivity contribution in [1.82, 2.24) is 5.32 Å². The van der Waals surface area contributed by atoms with Crippen molar-refractivity contribution in [1.29, 1.82) is 0 Å². The van der Waals surface area contributed by atoms with Gasteiger partial charge in [0.15, 0.2) is 5.11 Å². The molecule has 3 N–H and O–H groups in total. The number of morpholine rings is 1. The van der Waals surface area contributed by atoms with E-state index in [0.717, 1.165) is 26.3 Å². The Morgan fingerprint density at radius 1 is 1.07 bits per heavy atom. The molecular formula is C21H26F2N3O2S+. The Labute approximate surface area is 175 Å². The molecule has 1 fully saturated rings. The van der Waals surface area contributed by atoms with E-state index in [1.54, 1.807) is 12.1 Å². The number of hydrogen-bond acceptors (Lipinski definition) is 3. The maximum atomic E-state index is 12.3. The highest BCUT2D eigenvalue weighted by molar-refractivity contribution is 7.80. The third-order valence-corrected chi connectivity index (χ3v) is 5.15. The summed E-state index contributed by atoms with van der Waals surface area (Å²) < 4.78 is 34.4. The number of thiocarbonyl (C=S) groups is 1. The molecule has 2 aromatic rings. The van der Waals surface area contributed by atoms with E-state index in [9.17, 15) is 8.78 Å². The summed E-state index contributed by atoms with van der Waals surface area (Å²) in [5, 5.41) is 6.96. The van der Waals surface area contributed by atoms with Crippen LogP contribution in [0.1, 0.15) is 18.5 Å². The van der Waals surface area contributed by atoms with Gasteiger partial charge in [-0.3, -0.25) is 0 Å². The molecule has 1 heterocycles. The number of alkyl halides is 2. The van der Waals surface area contributed by atoms with Gasteiger partial charge in [0.2, 0.25) is 0 Å². The van der Waals surface area contributed by atoms with Crippen LogP contribution in [0.2, 0.25) is 0 Å². The molecule has 5 nitrogen and oxygen atoms in total. The van der Waals surface area contributed by atoms with Gasteiger partial charge in [-0.2, -0.15) is 8.78 Å². The summed E-state index contributed by atoms with van der Waals surface area (Å²) in [6.45, 7) is 2.67. The largest absolute Gasteiger partial charge is 0.435 e. The molecule has 1 aliphatic heterocycles. The quantitative estimate of drug-likeness (QED) is 0.599.